The number of hydrogen-bond donors (Lipinski definition) is 3. The van der Waals surface area contributed by atoms with Gasteiger partial charge in [-0.1, -0.05) is 26.0 Å². The van der Waals surface area contributed by atoms with Crippen LogP contribution < -0.4 is 0 Å². The van der Waals surface area contributed by atoms with Gasteiger partial charge < -0.3 is 34.1 Å². The predicted molar refractivity (Wildman–Crippen MR) is 127 cm³/mol. The average molecular weight is 489 g/mol. The summed E-state index contributed by atoms with van der Waals surface area (Å²) < 4.78 is 21.0. The molecular weight excluding hydrogens is 450 g/mol. The Bertz CT molecular complexity index is 758. The molecule has 0 amide bonds. The van der Waals surface area contributed by atoms with Gasteiger partial charge in [-0.3, -0.25) is 9.34 Å². The topological polar surface area (TPSA) is 92.1 Å². The van der Waals surface area contributed by atoms with Gasteiger partial charge in [0.1, 0.15) is 28.7 Å². The van der Waals surface area contributed by atoms with Crippen LogP contribution >= 0.6 is 16.4 Å². The smallest absolute Gasteiger partial charge is 0.202 e. The van der Waals surface area contributed by atoms with E-state index in [-0.39, 0.29) is 6.61 Å². The van der Waals surface area contributed by atoms with E-state index in [4.69, 9.17) is 9.47 Å². The van der Waals surface area contributed by atoms with E-state index in [9.17, 15) is 15.3 Å². The third-order valence-corrected chi connectivity index (χ3v) is 13.1. The Hall–Kier alpha value is -0.340. The van der Waals surface area contributed by atoms with Crippen molar-refractivity contribution < 1.29 is 24.8 Å². The zero-order valence-electron chi connectivity index (χ0n) is 19.8. The first kappa shape index (κ1) is 24.8. The number of ether oxygens (including phenoxy) is 2. The molecule has 4 aliphatic heterocycles. The summed E-state index contributed by atoms with van der Waals surface area (Å²) >= 11 is 0. The fourth-order valence-electron chi connectivity index (χ4n) is 5.30. The molecule has 0 aromatic carbocycles. The predicted octanol–water partition coefficient (Wildman–Crippen LogP) is 1.84. The molecule has 2 fully saturated rings. The van der Waals surface area contributed by atoms with Crippen molar-refractivity contribution in [1.29, 1.82) is 0 Å². The molecule has 0 aromatic heterocycles. The maximum atomic E-state index is 12.5. The van der Waals surface area contributed by atoms with Crippen LogP contribution in [0.15, 0.2) is 24.6 Å². The van der Waals surface area contributed by atoms with Gasteiger partial charge in [0.25, 0.3) is 0 Å². The van der Waals surface area contributed by atoms with Gasteiger partial charge >= 0.3 is 0 Å². The second-order valence-electron chi connectivity index (χ2n) is 8.68. The summed E-state index contributed by atoms with van der Waals surface area (Å²) in [6.45, 7) is 14.1. The molecule has 0 saturated carbocycles. The molecule has 11 heteroatoms. The Morgan fingerprint density at radius 3 is 1.94 bits per heavy atom. The number of fused-ring (bicyclic) bond motifs is 2. The van der Waals surface area contributed by atoms with Crippen LogP contribution in [-0.2, 0) is 9.47 Å². The lowest BCUT2D eigenvalue weighted by Crippen LogP contribution is -2.74. The third kappa shape index (κ3) is 3.40. The van der Waals surface area contributed by atoms with Crippen molar-refractivity contribution in [2.75, 3.05) is 45.9 Å². The molecule has 0 spiro atoms. The molecule has 4 aliphatic rings. The van der Waals surface area contributed by atoms with Crippen LogP contribution in [-0.4, -0.2) is 109 Å². The lowest BCUT2D eigenvalue weighted by molar-refractivity contribution is -0.332. The summed E-state index contributed by atoms with van der Waals surface area (Å²) in [5, 5.41) is 33.2. The minimum atomic E-state index is -1.88. The first-order valence-corrected chi connectivity index (χ1v) is 14.1. The van der Waals surface area contributed by atoms with Crippen LogP contribution in [0.25, 0.3) is 0 Å². The fraction of sp³-hybridized carbons (Fsp3) is 0.810. The van der Waals surface area contributed by atoms with Gasteiger partial charge in [0.15, 0.2) is 10.7 Å². The molecule has 32 heavy (non-hydrogen) atoms. The first-order valence-electron chi connectivity index (χ1n) is 11.6. The van der Waals surface area contributed by atoms with Crippen LogP contribution in [0, 0.1) is 0 Å². The van der Waals surface area contributed by atoms with Crippen LogP contribution in [0.2, 0.25) is 0 Å². The second kappa shape index (κ2) is 9.03. The van der Waals surface area contributed by atoms with Crippen molar-refractivity contribution in [2.24, 2.45) is 0 Å². The first-order chi connectivity index (χ1) is 15.2. The normalized spacial score (nSPS) is 45.1. The van der Waals surface area contributed by atoms with Gasteiger partial charge in [-0.2, -0.15) is 0 Å². The molecule has 2 bridgehead atoms. The number of rotatable bonds is 6. The molecule has 2 saturated heterocycles. The highest BCUT2D eigenvalue weighted by atomic mass is 31.1. The Kier molecular flexibility index (Phi) is 6.99. The van der Waals surface area contributed by atoms with Crippen LogP contribution in [0.3, 0.4) is 0 Å². The maximum absolute atomic E-state index is 12.5. The van der Waals surface area contributed by atoms with E-state index < -0.39 is 45.1 Å². The Labute approximate surface area is 194 Å². The van der Waals surface area contributed by atoms with E-state index >= 15 is 0 Å². The van der Waals surface area contributed by atoms with Crippen molar-refractivity contribution in [1.82, 2.24) is 18.7 Å². The van der Waals surface area contributed by atoms with Crippen molar-refractivity contribution in [3.63, 3.8) is 0 Å². The minimum absolute atomic E-state index is 0.133. The van der Waals surface area contributed by atoms with Crippen LogP contribution in [0.4, 0.5) is 0 Å². The second-order valence-corrected chi connectivity index (χ2v) is 13.4. The Balaban J connectivity index is 1.85. The molecule has 4 heterocycles. The Morgan fingerprint density at radius 1 is 0.875 bits per heavy atom. The number of aliphatic hydroxyl groups is 3. The average Bonchev–Trinajstić information content (AvgIpc) is 3.07. The molecular formula is C21H38N4O5P2. The van der Waals surface area contributed by atoms with Gasteiger partial charge in [0.2, 0.25) is 5.79 Å². The highest BCUT2D eigenvalue weighted by molar-refractivity contribution is 7.56. The standard InChI is InChI=1S/C21H38N4O5P2/c1-6-22-12-10-13-23(7-2)31(22)20(27)17-16-29-18(20)21(28,19(5,26)30-17)32-24(8-3)14-11-15-25(32)9-4/h10-12,14,17-18,26-28H,6-9,13,15-16H2,1-5H3/t17-,18+,19+,20+,21+,31?,32?/m1/s1. The lowest BCUT2D eigenvalue weighted by Gasteiger charge is -2.62. The number of likely N-dealkylation sites (N-methyl/N-ethyl adjacent to an activating group) is 2. The quantitative estimate of drug-likeness (QED) is 0.485. The van der Waals surface area contributed by atoms with E-state index in [2.05, 4.69) is 44.7 Å². The van der Waals surface area contributed by atoms with E-state index in [1.165, 1.54) is 6.92 Å². The maximum Gasteiger partial charge on any atom is 0.202 e. The summed E-state index contributed by atoms with van der Waals surface area (Å²) in [6.07, 6.45) is 6.45. The summed E-state index contributed by atoms with van der Waals surface area (Å²) in [7, 11) is -2.79. The third-order valence-electron chi connectivity index (χ3n) is 6.91. The molecule has 0 aromatic rings. The fourth-order valence-corrected chi connectivity index (χ4v) is 11.5. The minimum Gasteiger partial charge on any atom is -0.377 e. The number of nitrogens with zero attached hydrogens (tertiary/aromatic N) is 4. The monoisotopic (exact) mass is 488 g/mol. The zero-order valence-corrected chi connectivity index (χ0v) is 21.5. The summed E-state index contributed by atoms with van der Waals surface area (Å²) in [5.74, 6) is -1.88. The van der Waals surface area contributed by atoms with E-state index in [0.29, 0.717) is 19.6 Å². The number of hydrogen-bond acceptors (Lipinski definition) is 9. The molecule has 3 N–H and O–H groups in total. The molecule has 9 nitrogen and oxygen atoms in total. The molecule has 0 radical (unpaired) electrons. The molecule has 0 aliphatic carbocycles. The van der Waals surface area contributed by atoms with Crippen molar-refractivity contribution in [3.8, 4) is 0 Å². The SMILES string of the molecule is CCN1C=CCN(CC)P1[C@@]1(O)[C@H]2CO[C@@H]1[C@](O)(P1N(CC)C=CCN1CC)[C@@](C)(O)O2. The van der Waals surface area contributed by atoms with E-state index in [1.54, 1.807) is 0 Å². The van der Waals surface area contributed by atoms with Gasteiger partial charge in [0.05, 0.1) is 6.61 Å². The lowest BCUT2D eigenvalue weighted by atomic mass is 9.94. The molecule has 2 unspecified atom stereocenters. The van der Waals surface area contributed by atoms with E-state index in [0.717, 1.165) is 19.6 Å². The zero-order chi connectivity index (χ0) is 23.3. The molecule has 7 atom stereocenters. The van der Waals surface area contributed by atoms with Crippen molar-refractivity contribution >= 4 is 16.4 Å². The van der Waals surface area contributed by atoms with Gasteiger partial charge in [-0.15, -0.1) is 0 Å². The largest absolute Gasteiger partial charge is 0.377 e. The summed E-state index contributed by atoms with van der Waals surface area (Å²) in [6, 6.07) is 0. The van der Waals surface area contributed by atoms with Crippen molar-refractivity contribution in [2.45, 2.75) is 63.3 Å². The van der Waals surface area contributed by atoms with Crippen LogP contribution in [0.5, 0.6) is 0 Å². The van der Waals surface area contributed by atoms with Gasteiger partial charge in [-0.25, -0.2) is 0 Å². The molecule has 182 valence electrons. The molecule has 4 rings (SSSR count). The van der Waals surface area contributed by atoms with Crippen molar-refractivity contribution in [3.05, 3.63) is 24.6 Å². The van der Waals surface area contributed by atoms with Gasteiger partial charge in [-0.05, 0) is 20.8 Å². The highest BCUT2D eigenvalue weighted by Crippen LogP contribution is 2.72. The van der Waals surface area contributed by atoms with Gasteiger partial charge in [0, 0.05) is 51.7 Å². The van der Waals surface area contributed by atoms with Crippen LogP contribution in [0.1, 0.15) is 34.6 Å². The van der Waals surface area contributed by atoms with E-state index in [1.807, 2.05) is 26.2 Å². The Morgan fingerprint density at radius 2 is 1.41 bits per heavy atom. The summed E-state index contributed by atoms with van der Waals surface area (Å²) in [4.78, 5) is 0. The highest BCUT2D eigenvalue weighted by Gasteiger charge is 2.78. The summed E-state index contributed by atoms with van der Waals surface area (Å²) in [5.41, 5.74) is 0.